The van der Waals surface area contributed by atoms with Crippen LogP contribution in [0.5, 0.6) is 0 Å². The van der Waals surface area contributed by atoms with Gasteiger partial charge in [-0.05, 0) is 287 Å². The summed E-state index contributed by atoms with van der Waals surface area (Å²) in [6, 6.07) is 7.42. The molecule has 4 atom stereocenters. The predicted molar refractivity (Wildman–Crippen MR) is 422 cm³/mol. The van der Waals surface area contributed by atoms with Gasteiger partial charge in [-0.1, -0.05) is 53.7 Å². The summed E-state index contributed by atoms with van der Waals surface area (Å²) in [6.45, 7) is 65.3. The molecule has 1 aromatic carbocycles. The highest BCUT2D eigenvalue weighted by atomic mass is 32.2. The lowest BCUT2D eigenvalue weighted by molar-refractivity contribution is -0.0859. The van der Waals surface area contributed by atoms with Crippen molar-refractivity contribution in [1.82, 2.24) is 24.6 Å². The maximum Gasteiger partial charge on any atom is 0.410 e. The van der Waals surface area contributed by atoms with E-state index in [9.17, 15) is 40.4 Å². The zero-order valence-corrected chi connectivity index (χ0v) is 73.2. The molecule has 614 valence electrons. The molecule has 0 N–H and O–H groups in total. The Morgan fingerprint density at radius 2 is 0.821 bits per heavy atom. The highest BCUT2D eigenvalue weighted by Crippen LogP contribution is 2.40. The number of rotatable bonds is 13. The second-order valence-corrected chi connectivity index (χ2v) is 41.0. The van der Waals surface area contributed by atoms with Gasteiger partial charge < -0.3 is 57.5 Å². The van der Waals surface area contributed by atoms with Crippen LogP contribution in [0.3, 0.4) is 0 Å². The van der Waals surface area contributed by atoms with E-state index < -0.39 is 31.1 Å². The van der Waals surface area contributed by atoms with Crippen LogP contribution in [0.15, 0.2) is 46.5 Å². The number of piperidine rings is 4. The van der Waals surface area contributed by atoms with Crippen LogP contribution in [0.4, 0.5) is 23.6 Å². The quantitative estimate of drug-likeness (QED) is 0.169. The molecular weight excluding hydrogens is 1390 g/mol. The lowest BCUT2D eigenvalue weighted by Gasteiger charge is -2.37. The van der Waals surface area contributed by atoms with E-state index in [1.165, 1.54) is 12.1 Å². The fourth-order valence-corrected chi connectivity index (χ4v) is 13.8. The van der Waals surface area contributed by atoms with Crippen molar-refractivity contribution >= 4 is 44.0 Å². The number of ether oxygens (including phenoxy) is 8. The Hall–Kier alpha value is -4.88. The number of benzene rings is 1. The summed E-state index contributed by atoms with van der Waals surface area (Å²) in [6.07, 6.45) is 14.0. The lowest BCUT2D eigenvalue weighted by atomic mass is 9.87. The number of hydrogen-bond donors (Lipinski definition) is 0. The molecule has 0 spiro atoms. The van der Waals surface area contributed by atoms with Crippen LogP contribution in [0.2, 0.25) is 0 Å². The first kappa shape index (κ1) is 97.2. The van der Waals surface area contributed by atoms with Crippen LogP contribution in [-0.2, 0) is 68.4 Å². The van der Waals surface area contributed by atoms with Gasteiger partial charge in [-0.3, -0.25) is 0 Å². The first-order valence-electron chi connectivity index (χ1n) is 38.7. The number of carbonyl (C=O) groups excluding carboxylic acids is 4. The maximum atomic E-state index is 13.6. The number of pyridine rings is 1. The molecule has 21 nitrogen and oxygen atoms in total. The molecule has 4 saturated heterocycles. The summed E-state index contributed by atoms with van der Waals surface area (Å²) in [5.74, 6) is 1.66. The van der Waals surface area contributed by atoms with E-state index in [1.54, 1.807) is 22.1 Å². The SMILES string of the molecule is CC(C)(C)c1ccc(S(C)(=O)=O)cc1F.CC(C)(C)c1ccc(S(C)(=O)=O)nc1.CC(C)OC(=O)N1CCC(C(C)OC(C)(C)C)CC1.CC(OC(C)(C)C)C1CCN(C(=O)OC(C)(C)C)CC1.CC(OC(C)(C)C)C1CCN(C(=O)OC2(C)CC2)CC1.CCOC(=O)N1CCC(C(C)OC(C)(C)C)CC1. The van der Waals surface area contributed by atoms with Crippen LogP contribution < -0.4 is 0 Å². The molecule has 4 unspecified atom stereocenters. The molecular formula is C82H146FN5O16S2. The van der Waals surface area contributed by atoms with Gasteiger partial charge in [-0.2, -0.15) is 0 Å². The van der Waals surface area contributed by atoms with Gasteiger partial charge in [0.15, 0.2) is 24.7 Å². The van der Waals surface area contributed by atoms with Crippen molar-refractivity contribution in [3.05, 3.63) is 53.5 Å². The van der Waals surface area contributed by atoms with Crippen LogP contribution >= 0.6 is 0 Å². The molecule has 5 aliphatic rings. The van der Waals surface area contributed by atoms with Crippen LogP contribution in [-0.4, -0.2) is 201 Å². The fourth-order valence-electron chi connectivity index (χ4n) is 12.6. The number of aromatic nitrogens is 1. The number of hydrogen-bond acceptors (Lipinski definition) is 17. The molecule has 1 aromatic heterocycles. The average molecular weight is 1540 g/mol. The Labute approximate surface area is 642 Å². The monoisotopic (exact) mass is 1540 g/mol. The smallest absolute Gasteiger partial charge is 0.410 e. The normalized spacial score (nSPS) is 18.7. The standard InChI is InChI=1S/C16H29NO3.C16H31NO3.C15H29NO3.C14H27NO3.C11H15FO2S.C10H15NO2S/c1-12(19-15(2,3)4)13-6-10-17(11-7-13)14(18)20-16(5)8-9-16;1-12(19-15(2,3)4)13-8-10-17(11-9-13)14(18)20-16(5,6)7;1-11(2)18-14(17)16-9-7-13(8-10-16)12(3)19-15(4,5)6;1-6-17-13(16)15-9-7-12(8-10-15)11(2)18-14(3,4)5;1-11(2,3)9-6-5-8(7-10(9)12)15(4,13)14;1-10(2,3)8-5-6-9(11-7-8)14(4,12)13/h12-13H,6-11H2,1-5H3;12-13H,8-11H2,1-7H3;11-13H,7-10H2,1-6H3;11-12H,6-10H2,1-5H3;5-7H,1-4H3;5-7H,1-4H3. The highest BCUT2D eigenvalue weighted by molar-refractivity contribution is 7.91. The second-order valence-electron chi connectivity index (χ2n) is 37.0. The van der Waals surface area contributed by atoms with Crippen molar-refractivity contribution in [2.24, 2.45) is 23.7 Å². The average Bonchev–Trinajstić information content (AvgIpc) is 1.19. The molecule has 0 bridgehead atoms. The molecule has 2 aromatic rings. The number of nitrogens with zero attached hydrogens (tertiary/aromatic N) is 5. The predicted octanol–water partition coefficient (Wildman–Crippen LogP) is 18.2. The van der Waals surface area contributed by atoms with E-state index in [1.807, 2.05) is 85.1 Å². The molecule has 4 aliphatic heterocycles. The van der Waals surface area contributed by atoms with Gasteiger partial charge in [0.2, 0.25) is 0 Å². The van der Waals surface area contributed by atoms with E-state index in [0.717, 1.165) is 141 Å². The van der Waals surface area contributed by atoms with Crippen molar-refractivity contribution in [3.8, 4) is 0 Å². The third kappa shape index (κ3) is 39.2. The molecule has 24 heteroatoms. The zero-order valence-electron chi connectivity index (χ0n) is 71.6. The van der Waals surface area contributed by atoms with E-state index in [-0.39, 0.29) is 104 Å². The Morgan fingerprint density at radius 1 is 0.481 bits per heavy atom. The summed E-state index contributed by atoms with van der Waals surface area (Å²) in [7, 11) is -6.50. The van der Waals surface area contributed by atoms with E-state index in [0.29, 0.717) is 35.8 Å². The van der Waals surface area contributed by atoms with Crippen molar-refractivity contribution in [3.63, 3.8) is 0 Å². The van der Waals surface area contributed by atoms with Crippen molar-refractivity contribution in [2.75, 3.05) is 71.5 Å². The molecule has 106 heavy (non-hydrogen) atoms. The molecule has 1 aliphatic carbocycles. The zero-order chi connectivity index (χ0) is 81.7. The van der Waals surface area contributed by atoms with Crippen LogP contribution in [0, 0.1) is 29.5 Å². The fraction of sp³-hybridized carbons (Fsp3) is 0.817. The molecule has 4 amide bonds. The number of halogens is 1. The van der Waals surface area contributed by atoms with Gasteiger partial charge in [0, 0.05) is 71.1 Å². The summed E-state index contributed by atoms with van der Waals surface area (Å²) >= 11 is 0. The summed E-state index contributed by atoms with van der Waals surface area (Å²) in [5.41, 5.74) is 0.235. The Bertz CT molecular complexity index is 3150. The molecule has 1 saturated carbocycles. The Morgan fingerprint density at radius 3 is 1.08 bits per heavy atom. The third-order valence-corrected chi connectivity index (χ3v) is 20.6. The van der Waals surface area contributed by atoms with Crippen LogP contribution in [0.25, 0.3) is 0 Å². The topological polar surface area (TPSA) is 236 Å². The minimum absolute atomic E-state index is 0.00301. The minimum atomic E-state index is -3.33. The summed E-state index contributed by atoms with van der Waals surface area (Å²) < 4.78 is 103. The van der Waals surface area contributed by atoms with E-state index in [2.05, 4.69) is 137 Å². The molecule has 7 rings (SSSR count). The molecule has 5 heterocycles. The van der Waals surface area contributed by atoms with Gasteiger partial charge in [-0.25, -0.2) is 45.4 Å². The minimum Gasteiger partial charge on any atom is -0.450 e. The summed E-state index contributed by atoms with van der Waals surface area (Å²) in [5, 5.41) is 0.130. The van der Waals surface area contributed by atoms with Gasteiger partial charge >= 0.3 is 24.4 Å². The van der Waals surface area contributed by atoms with Crippen molar-refractivity contribution < 1.29 is 78.3 Å². The maximum absolute atomic E-state index is 13.6. The van der Waals surface area contributed by atoms with E-state index >= 15 is 0 Å². The third-order valence-electron chi connectivity index (χ3n) is 18.4. The summed E-state index contributed by atoms with van der Waals surface area (Å²) in [4.78, 5) is 58.6. The van der Waals surface area contributed by atoms with Gasteiger partial charge in [0.05, 0.1) is 64.4 Å². The van der Waals surface area contributed by atoms with Gasteiger partial charge in [-0.15, -0.1) is 0 Å². The highest BCUT2D eigenvalue weighted by Gasteiger charge is 2.43. The lowest BCUT2D eigenvalue weighted by Crippen LogP contribution is -2.44. The second kappa shape index (κ2) is 40.9. The van der Waals surface area contributed by atoms with Gasteiger partial charge in [0.1, 0.15) is 17.0 Å². The Kier molecular flexibility index (Phi) is 37.5. The van der Waals surface area contributed by atoms with Crippen molar-refractivity contribution in [2.45, 2.75) is 350 Å². The molecule has 0 radical (unpaired) electrons. The first-order chi connectivity index (χ1) is 48.0. The number of sulfone groups is 2. The number of carbonyl (C=O) groups is 4. The number of likely N-dealkylation sites (tertiary alicyclic amines) is 4. The Balaban J connectivity index is 0.000000434. The first-order valence-corrected chi connectivity index (χ1v) is 42.5. The van der Waals surface area contributed by atoms with E-state index in [4.69, 9.17) is 37.9 Å². The largest absolute Gasteiger partial charge is 0.450 e. The van der Waals surface area contributed by atoms with Crippen molar-refractivity contribution in [1.29, 1.82) is 0 Å². The van der Waals surface area contributed by atoms with Crippen LogP contribution in [0.1, 0.15) is 276 Å². The molecule has 5 fully saturated rings. The number of amides is 4. The van der Waals surface area contributed by atoms with Gasteiger partial charge in [0.25, 0.3) is 0 Å².